The number of carbonyl (C=O) groups is 1. The van der Waals surface area contributed by atoms with Gasteiger partial charge in [0.05, 0.1) is 37.2 Å². The Kier molecular flexibility index (Phi) is 4.65. The standard InChI is InChI=1S/C18H23N3O2/c1-13-17(12-19-21(13)15-7-3-4-8-15)20-18(22)11-14-6-5-9-16(10-14)23-2/h5-6,9-10,12,15H,3-4,7-8,11H2,1-2H3,(H,20,22). The van der Waals surface area contributed by atoms with Crippen LogP contribution in [0.1, 0.15) is 43.0 Å². The molecule has 3 rings (SSSR count). The maximum Gasteiger partial charge on any atom is 0.228 e. The van der Waals surface area contributed by atoms with Crippen LogP contribution in [0.25, 0.3) is 0 Å². The predicted molar refractivity (Wildman–Crippen MR) is 89.8 cm³/mol. The minimum atomic E-state index is -0.0349. The molecule has 0 unspecified atom stereocenters. The molecule has 23 heavy (non-hydrogen) atoms. The second-order valence-corrected chi connectivity index (χ2v) is 6.10. The van der Waals surface area contributed by atoms with Gasteiger partial charge in [-0.25, -0.2) is 0 Å². The number of carbonyl (C=O) groups excluding carboxylic acids is 1. The van der Waals surface area contributed by atoms with Crippen molar-refractivity contribution in [3.05, 3.63) is 41.7 Å². The zero-order chi connectivity index (χ0) is 16.2. The van der Waals surface area contributed by atoms with Gasteiger partial charge in [0.1, 0.15) is 5.75 Å². The van der Waals surface area contributed by atoms with Gasteiger partial charge in [0.2, 0.25) is 5.91 Å². The van der Waals surface area contributed by atoms with Gasteiger partial charge in [-0.1, -0.05) is 25.0 Å². The van der Waals surface area contributed by atoms with Gasteiger partial charge in [0.25, 0.3) is 0 Å². The number of amides is 1. The molecule has 5 heteroatoms. The van der Waals surface area contributed by atoms with E-state index >= 15 is 0 Å². The van der Waals surface area contributed by atoms with Crippen molar-refractivity contribution in [2.24, 2.45) is 0 Å². The van der Waals surface area contributed by atoms with E-state index in [4.69, 9.17) is 4.74 Å². The lowest BCUT2D eigenvalue weighted by atomic mass is 10.1. The van der Waals surface area contributed by atoms with Crippen molar-refractivity contribution in [3.63, 3.8) is 0 Å². The molecule has 1 aromatic heterocycles. The molecule has 0 radical (unpaired) electrons. The van der Waals surface area contributed by atoms with Gasteiger partial charge >= 0.3 is 0 Å². The first-order valence-corrected chi connectivity index (χ1v) is 8.14. The van der Waals surface area contributed by atoms with Crippen molar-refractivity contribution >= 4 is 11.6 Å². The van der Waals surface area contributed by atoms with Crippen LogP contribution in [-0.4, -0.2) is 22.8 Å². The van der Waals surface area contributed by atoms with E-state index in [0.29, 0.717) is 12.5 Å². The summed E-state index contributed by atoms with van der Waals surface area (Å²) in [4.78, 5) is 12.3. The summed E-state index contributed by atoms with van der Waals surface area (Å²) >= 11 is 0. The number of hydrogen-bond acceptors (Lipinski definition) is 3. The van der Waals surface area contributed by atoms with Crippen LogP contribution in [-0.2, 0) is 11.2 Å². The third-order valence-electron chi connectivity index (χ3n) is 4.49. The number of nitrogens with one attached hydrogen (secondary N) is 1. The average Bonchev–Trinajstić information content (AvgIpc) is 3.18. The molecule has 0 bridgehead atoms. The summed E-state index contributed by atoms with van der Waals surface area (Å²) in [7, 11) is 1.62. The topological polar surface area (TPSA) is 56.1 Å². The normalized spacial score (nSPS) is 14.9. The molecule has 2 aromatic rings. The largest absolute Gasteiger partial charge is 0.497 e. The minimum absolute atomic E-state index is 0.0349. The van der Waals surface area contributed by atoms with Crippen LogP contribution in [0, 0.1) is 6.92 Å². The van der Waals surface area contributed by atoms with E-state index in [2.05, 4.69) is 15.1 Å². The molecule has 1 amide bonds. The number of anilines is 1. The molecule has 122 valence electrons. The highest BCUT2D eigenvalue weighted by Gasteiger charge is 2.20. The van der Waals surface area contributed by atoms with Crippen LogP contribution in [0.3, 0.4) is 0 Å². The molecule has 1 fully saturated rings. The number of ether oxygens (including phenoxy) is 1. The highest BCUT2D eigenvalue weighted by molar-refractivity contribution is 5.92. The van der Waals surface area contributed by atoms with Crippen LogP contribution in [0.5, 0.6) is 5.75 Å². The first-order chi connectivity index (χ1) is 11.2. The molecular weight excluding hydrogens is 290 g/mol. The van der Waals surface area contributed by atoms with Crippen molar-refractivity contribution in [3.8, 4) is 5.75 Å². The molecule has 1 aliphatic carbocycles. The summed E-state index contributed by atoms with van der Waals surface area (Å²) < 4.78 is 7.25. The van der Waals surface area contributed by atoms with E-state index in [9.17, 15) is 4.79 Å². The van der Waals surface area contributed by atoms with Crippen LogP contribution in [0.2, 0.25) is 0 Å². The highest BCUT2D eigenvalue weighted by Crippen LogP contribution is 2.31. The summed E-state index contributed by atoms with van der Waals surface area (Å²) in [5, 5.41) is 7.44. The van der Waals surface area contributed by atoms with Gasteiger partial charge in [0.15, 0.2) is 0 Å². The summed E-state index contributed by atoms with van der Waals surface area (Å²) in [6.45, 7) is 2.02. The third kappa shape index (κ3) is 3.55. The van der Waals surface area contributed by atoms with E-state index in [0.717, 1.165) is 22.7 Å². The van der Waals surface area contributed by atoms with Gasteiger partial charge < -0.3 is 10.1 Å². The van der Waals surface area contributed by atoms with E-state index in [1.165, 1.54) is 25.7 Å². The van der Waals surface area contributed by atoms with Gasteiger partial charge in [0, 0.05) is 0 Å². The maximum atomic E-state index is 12.3. The van der Waals surface area contributed by atoms with Crippen molar-refractivity contribution in [1.82, 2.24) is 9.78 Å². The first kappa shape index (κ1) is 15.6. The van der Waals surface area contributed by atoms with Crippen molar-refractivity contribution in [1.29, 1.82) is 0 Å². The zero-order valence-corrected chi connectivity index (χ0v) is 13.7. The van der Waals surface area contributed by atoms with E-state index in [-0.39, 0.29) is 5.91 Å². The molecule has 1 N–H and O–H groups in total. The van der Waals surface area contributed by atoms with E-state index in [1.54, 1.807) is 13.3 Å². The van der Waals surface area contributed by atoms with Gasteiger partial charge in [-0.15, -0.1) is 0 Å². The lowest BCUT2D eigenvalue weighted by Gasteiger charge is -2.13. The predicted octanol–water partition coefficient (Wildman–Crippen LogP) is 3.50. The Balaban J connectivity index is 1.65. The molecule has 0 saturated heterocycles. The number of methoxy groups -OCH3 is 1. The fraction of sp³-hybridized carbons (Fsp3) is 0.444. The van der Waals surface area contributed by atoms with Gasteiger partial charge in [-0.05, 0) is 37.5 Å². The monoisotopic (exact) mass is 313 g/mol. The molecule has 1 aliphatic rings. The molecule has 0 spiro atoms. The van der Waals surface area contributed by atoms with E-state index < -0.39 is 0 Å². The summed E-state index contributed by atoms with van der Waals surface area (Å²) in [6.07, 6.45) is 6.98. The summed E-state index contributed by atoms with van der Waals surface area (Å²) in [5.41, 5.74) is 2.78. The van der Waals surface area contributed by atoms with Crippen molar-refractivity contribution in [2.45, 2.75) is 45.1 Å². The third-order valence-corrected chi connectivity index (χ3v) is 4.49. The van der Waals surface area contributed by atoms with Gasteiger partial charge in [-0.3, -0.25) is 9.48 Å². The Morgan fingerprint density at radius 2 is 2.17 bits per heavy atom. The first-order valence-electron chi connectivity index (χ1n) is 8.14. The lowest BCUT2D eigenvalue weighted by Crippen LogP contribution is -2.15. The van der Waals surface area contributed by atoms with Crippen LogP contribution < -0.4 is 10.1 Å². The SMILES string of the molecule is COc1cccc(CC(=O)Nc2cnn(C3CCCC3)c2C)c1. The fourth-order valence-corrected chi connectivity index (χ4v) is 3.23. The molecule has 1 saturated carbocycles. The Labute approximate surface area is 136 Å². The van der Waals surface area contributed by atoms with Gasteiger partial charge in [-0.2, -0.15) is 5.10 Å². The maximum absolute atomic E-state index is 12.3. The fourth-order valence-electron chi connectivity index (χ4n) is 3.23. The number of hydrogen-bond donors (Lipinski definition) is 1. The molecular formula is C18H23N3O2. The Morgan fingerprint density at radius 3 is 2.91 bits per heavy atom. The minimum Gasteiger partial charge on any atom is -0.497 e. The Bertz CT molecular complexity index is 687. The lowest BCUT2D eigenvalue weighted by molar-refractivity contribution is -0.115. The number of benzene rings is 1. The van der Waals surface area contributed by atoms with Crippen molar-refractivity contribution < 1.29 is 9.53 Å². The van der Waals surface area contributed by atoms with Crippen LogP contribution in [0.4, 0.5) is 5.69 Å². The van der Waals surface area contributed by atoms with E-state index in [1.807, 2.05) is 31.2 Å². The smallest absolute Gasteiger partial charge is 0.228 e. The summed E-state index contributed by atoms with van der Waals surface area (Å²) in [5.74, 6) is 0.729. The second kappa shape index (κ2) is 6.86. The van der Waals surface area contributed by atoms with Crippen molar-refractivity contribution in [2.75, 3.05) is 12.4 Å². The van der Waals surface area contributed by atoms with Crippen LogP contribution >= 0.6 is 0 Å². The number of aromatic nitrogens is 2. The van der Waals surface area contributed by atoms with Crippen LogP contribution in [0.15, 0.2) is 30.5 Å². The molecule has 0 aliphatic heterocycles. The Hall–Kier alpha value is -2.30. The number of rotatable bonds is 5. The molecule has 1 aromatic carbocycles. The second-order valence-electron chi connectivity index (χ2n) is 6.10. The number of nitrogens with zero attached hydrogens (tertiary/aromatic N) is 2. The Morgan fingerprint density at radius 1 is 1.39 bits per heavy atom. The molecule has 0 atom stereocenters. The highest BCUT2D eigenvalue weighted by atomic mass is 16.5. The zero-order valence-electron chi connectivity index (χ0n) is 13.7. The molecule has 1 heterocycles. The molecule has 5 nitrogen and oxygen atoms in total. The average molecular weight is 313 g/mol. The summed E-state index contributed by atoms with van der Waals surface area (Å²) in [6, 6.07) is 8.06. The quantitative estimate of drug-likeness (QED) is 0.919.